The summed E-state index contributed by atoms with van der Waals surface area (Å²) in [4.78, 5) is 20.2. The van der Waals surface area contributed by atoms with Crippen LogP contribution in [-0.2, 0) is 4.79 Å². The highest BCUT2D eigenvalue weighted by atomic mass is 16.5. The molecular weight excluding hydrogens is 354 g/mol. The van der Waals surface area contributed by atoms with Crippen LogP contribution in [0.5, 0.6) is 5.88 Å². The van der Waals surface area contributed by atoms with Crippen LogP contribution in [0, 0.1) is 0 Å². The van der Waals surface area contributed by atoms with Gasteiger partial charge >= 0.3 is 0 Å². The molecule has 28 heavy (non-hydrogen) atoms. The Balaban J connectivity index is 1.66. The van der Waals surface area contributed by atoms with Crippen LogP contribution in [0.3, 0.4) is 0 Å². The van der Waals surface area contributed by atoms with E-state index >= 15 is 0 Å². The monoisotopic (exact) mass is 381 g/mol. The van der Waals surface area contributed by atoms with E-state index in [2.05, 4.69) is 9.97 Å². The number of carbonyl (C=O) groups excluding carboxylic acids is 1. The van der Waals surface area contributed by atoms with Gasteiger partial charge in [-0.1, -0.05) is 38.0 Å². The van der Waals surface area contributed by atoms with Crippen molar-refractivity contribution in [3.05, 3.63) is 42.4 Å². The Hall–Kier alpha value is -2.73. The minimum Gasteiger partial charge on any atom is -0.480 e. The summed E-state index contributed by atoms with van der Waals surface area (Å²) >= 11 is 0. The van der Waals surface area contributed by atoms with Crippen molar-refractivity contribution in [3.8, 4) is 17.2 Å². The van der Waals surface area contributed by atoms with Crippen LogP contribution >= 0.6 is 0 Å². The standard InChI is InChI=1S/C22H27N3O3/c1-3-16(26)10-5-4-6-11-18(23)22-24-14-20(28-22)17-13-15-9-7-8-12-19(15)25-21(17)27-2/h7-9,12-14,18H,3-6,10-11,23H2,1-2H3. The van der Waals surface area contributed by atoms with E-state index in [9.17, 15) is 4.79 Å². The van der Waals surface area contributed by atoms with Gasteiger partial charge in [-0.25, -0.2) is 9.97 Å². The zero-order chi connectivity index (χ0) is 19.9. The van der Waals surface area contributed by atoms with Crippen LogP contribution in [0.25, 0.3) is 22.2 Å². The molecule has 148 valence electrons. The normalized spacial score (nSPS) is 12.2. The van der Waals surface area contributed by atoms with Gasteiger partial charge in [-0.05, 0) is 25.0 Å². The second kappa shape index (κ2) is 9.46. The molecule has 6 heteroatoms. The van der Waals surface area contributed by atoms with E-state index in [1.165, 1.54) is 0 Å². The molecular formula is C22H27N3O3. The highest BCUT2D eigenvalue weighted by Crippen LogP contribution is 2.33. The zero-order valence-corrected chi connectivity index (χ0v) is 16.5. The average molecular weight is 381 g/mol. The first-order valence-corrected chi connectivity index (χ1v) is 9.79. The van der Waals surface area contributed by atoms with Gasteiger partial charge in [0.2, 0.25) is 11.8 Å². The first-order valence-electron chi connectivity index (χ1n) is 9.79. The summed E-state index contributed by atoms with van der Waals surface area (Å²) in [6.07, 6.45) is 6.55. The van der Waals surface area contributed by atoms with E-state index in [4.69, 9.17) is 14.9 Å². The molecule has 0 aliphatic heterocycles. The van der Waals surface area contributed by atoms with Crippen LogP contribution in [0.4, 0.5) is 0 Å². The Labute approximate surface area is 165 Å². The second-order valence-electron chi connectivity index (χ2n) is 6.90. The summed E-state index contributed by atoms with van der Waals surface area (Å²) in [5.41, 5.74) is 7.86. The number of Topliss-reactive ketones (excluding diaryl/α,β-unsaturated/α-hetero) is 1. The predicted molar refractivity (Wildman–Crippen MR) is 109 cm³/mol. The van der Waals surface area contributed by atoms with Gasteiger partial charge < -0.3 is 14.9 Å². The topological polar surface area (TPSA) is 91.2 Å². The minimum absolute atomic E-state index is 0.268. The summed E-state index contributed by atoms with van der Waals surface area (Å²) in [7, 11) is 1.59. The maximum absolute atomic E-state index is 11.3. The van der Waals surface area contributed by atoms with Crippen molar-refractivity contribution in [2.45, 2.75) is 51.5 Å². The Morgan fingerprint density at radius 3 is 2.86 bits per heavy atom. The number of methoxy groups -OCH3 is 1. The van der Waals surface area contributed by atoms with E-state index < -0.39 is 0 Å². The molecule has 1 unspecified atom stereocenters. The van der Waals surface area contributed by atoms with E-state index in [-0.39, 0.29) is 6.04 Å². The van der Waals surface area contributed by atoms with Gasteiger partial charge in [0.05, 0.1) is 30.4 Å². The third-order valence-electron chi connectivity index (χ3n) is 4.85. The summed E-state index contributed by atoms with van der Waals surface area (Å²) in [6.45, 7) is 1.90. The van der Waals surface area contributed by atoms with E-state index in [1.807, 2.05) is 37.3 Å². The Bertz CT molecular complexity index is 936. The summed E-state index contributed by atoms with van der Waals surface area (Å²) in [6, 6.07) is 9.57. The molecule has 1 aromatic carbocycles. The number of hydrogen-bond acceptors (Lipinski definition) is 6. The molecule has 1 atom stereocenters. The molecule has 0 saturated heterocycles. The van der Waals surface area contributed by atoms with Gasteiger partial charge in [-0.15, -0.1) is 0 Å². The van der Waals surface area contributed by atoms with Crippen molar-refractivity contribution in [1.82, 2.24) is 9.97 Å². The summed E-state index contributed by atoms with van der Waals surface area (Å²) in [5.74, 6) is 1.92. The van der Waals surface area contributed by atoms with Crippen LogP contribution in [0.2, 0.25) is 0 Å². The number of carbonyl (C=O) groups is 1. The maximum atomic E-state index is 11.3. The van der Waals surface area contributed by atoms with Gasteiger partial charge in [0, 0.05) is 18.2 Å². The smallest absolute Gasteiger partial charge is 0.224 e. The van der Waals surface area contributed by atoms with Gasteiger partial charge in [0.15, 0.2) is 5.76 Å². The molecule has 0 amide bonds. The highest BCUT2D eigenvalue weighted by molar-refractivity contribution is 5.85. The fourth-order valence-corrected chi connectivity index (χ4v) is 3.18. The molecule has 6 nitrogen and oxygen atoms in total. The molecule has 0 spiro atoms. The number of fused-ring (bicyclic) bond motifs is 1. The molecule has 2 aromatic heterocycles. The first kappa shape index (κ1) is 20.0. The zero-order valence-electron chi connectivity index (χ0n) is 16.5. The molecule has 2 N–H and O–H groups in total. The van der Waals surface area contributed by atoms with Crippen LogP contribution in [0.15, 0.2) is 40.9 Å². The van der Waals surface area contributed by atoms with Gasteiger partial charge in [-0.2, -0.15) is 0 Å². The van der Waals surface area contributed by atoms with Crippen molar-refractivity contribution in [1.29, 1.82) is 0 Å². The Morgan fingerprint density at radius 1 is 1.25 bits per heavy atom. The number of ether oxygens (including phenoxy) is 1. The van der Waals surface area contributed by atoms with Crippen LogP contribution in [-0.4, -0.2) is 22.9 Å². The summed E-state index contributed by atoms with van der Waals surface area (Å²) in [5, 5.41) is 1.00. The van der Waals surface area contributed by atoms with Crippen LogP contribution in [0.1, 0.15) is 57.4 Å². The number of unbranched alkanes of at least 4 members (excludes halogenated alkanes) is 2. The molecule has 2 heterocycles. The predicted octanol–water partition coefficient (Wildman–Crippen LogP) is 4.83. The number of pyridine rings is 1. The maximum Gasteiger partial charge on any atom is 0.224 e. The van der Waals surface area contributed by atoms with E-state index in [0.717, 1.165) is 42.1 Å². The molecule has 0 aliphatic rings. The van der Waals surface area contributed by atoms with E-state index in [0.29, 0.717) is 36.2 Å². The fourth-order valence-electron chi connectivity index (χ4n) is 3.18. The molecule has 3 rings (SSSR count). The van der Waals surface area contributed by atoms with Gasteiger partial charge in [0.25, 0.3) is 0 Å². The molecule has 0 fully saturated rings. The number of aromatic nitrogens is 2. The number of oxazole rings is 1. The Morgan fingerprint density at radius 2 is 2.07 bits per heavy atom. The highest BCUT2D eigenvalue weighted by Gasteiger charge is 2.17. The summed E-state index contributed by atoms with van der Waals surface area (Å²) < 4.78 is 11.4. The van der Waals surface area contributed by atoms with E-state index in [1.54, 1.807) is 13.3 Å². The SMILES string of the molecule is CCC(=O)CCCCCC(N)c1ncc(-c2cc3ccccc3nc2OC)o1. The molecule has 0 saturated carbocycles. The average Bonchev–Trinajstić information content (AvgIpc) is 3.22. The quantitative estimate of drug-likeness (QED) is 0.506. The largest absolute Gasteiger partial charge is 0.480 e. The number of nitrogens with zero attached hydrogens (tertiary/aromatic N) is 2. The number of ketones is 1. The second-order valence-corrected chi connectivity index (χ2v) is 6.90. The molecule has 0 bridgehead atoms. The lowest BCUT2D eigenvalue weighted by Crippen LogP contribution is -2.10. The number of benzene rings is 1. The van der Waals surface area contributed by atoms with Crippen molar-refractivity contribution in [2.24, 2.45) is 5.73 Å². The molecule has 0 radical (unpaired) electrons. The third-order valence-corrected chi connectivity index (χ3v) is 4.85. The third kappa shape index (κ3) is 4.75. The number of hydrogen-bond donors (Lipinski definition) is 1. The number of para-hydroxylation sites is 1. The fraction of sp³-hybridized carbons (Fsp3) is 0.409. The Kier molecular flexibility index (Phi) is 6.76. The number of nitrogens with two attached hydrogens (primary N) is 1. The van der Waals surface area contributed by atoms with Crippen LogP contribution < -0.4 is 10.5 Å². The van der Waals surface area contributed by atoms with Crippen molar-refractivity contribution < 1.29 is 13.9 Å². The van der Waals surface area contributed by atoms with Gasteiger partial charge in [0.1, 0.15) is 5.78 Å². The van der Waals surface area contributed by atoms with Crippen molar-refractivity contribution in [2.75, 3.05) is 7.11 Å². The lowest BCUT2D eigenvalue weighted by atomic mass is 10.1. The lowest BCUT2D eigenvalue weighted by Gasteiger charge is -2.08. The molecule has 3 aromatic rings. The first-order chi connectivity index (χ1) is 13.6. The lowest BCUT2D eigenvalue weighted by molar-refractivity contribution is -0.118. The minimum atomic E-state index is -0.268. The van der Waals surface area contributed by atoms with Gasteiger partial charge in [-0.3, -0.25) is 4.79 Å². The van der Waals surface area contributed by atoms with Crippen molar-refractivity contribution in [3.63, 3.8) is 0 Å². The number of rotatable bonds is 10. The molecule has 0 aliphatic carbocycles. The van der Waals surface area contributed by atoms with Crippen molar-refractivity contribution >= 4 is 16.7 Å².